The SMILES string of the molecule is CNC(=O)NC(=O)[C@H](OC(=O)c1cc(C)n(C2CC2)c1C)c1ccccc1. The highest BCUT2D eigenvalue weighted by molar-refractivity contribution is 5.99. The van der Waals surface area contributed by atoms with Crippen molar-refractivity contribution in [2.24, 2.45) is 0 Å². The van der Waals surface area contributed by atoms with Gasteiger partial charge in [-0.05, 0) is 32.8 Å². The molecule has 1 fully saturated rings. The third-order valence-corrected chi connectivity index (χ3v) is 4.65. The number of aryl methyl sites for hydroxylation is 1. The van der Waals surface area contributed by atoms with Crippen molar-refractivity contribution >= 4 is 17.9 Å². The number of amides is 3. The first-order chi connectivity index (χ1) is 12.9. The Hall–Kier alpha value is -3.09. The molecular formula is C20H23N3O4. The number of benzene rings is 1. The van der Waals surface area contributed by atoms with Crippen LogP contribution in [-0.4, -0.2) is 29.5 Å². The van der Waals surface area contributed by atoms with Crippen LogP contribution in [0, 0.1) is 13.8 Å². The molecule has 27 heavy (non-hydrogen) atoms. The number of carbonyl (C=O) groups is 3. The zero-order chi connectivity index (χ0) is 19.6. The molecule has 1 aliphatic rings. The number of nitrogens with zero attached hydrogens (tertiary/aromatic N) is 1. The van der Waals surface area contributed by atoms with Crippen molar-refractivity contribution in [1.82, 2.24) is 15.2 Å². The summed E-state index contributed by atoms with van der Waals surface area (Å²) in [7, 11) is 1.40. The van der Waals surface area contributed by atoms with Gasteiger partial charge in [0, 0.05) is 30.0 Å². The van der Waals surface area contributed by atoms with Gasteiger partial charge in [0.2, 0.25) is 6.10 Å². The first-order valence-electron chi connectivity index (χ1n) is 8.89. The lowest BCUT2D eigenvalue weighted by atomic mass is 10.1. The maximum absolute atomic E-state index is 12.8. The van der Waals surface area contributed by atoms with Crippen LogP contribution in [0.2, 0.25) is 0 Å². The minimum absolute atomic E-state index is 0.438. The Morgan fingerprint density at radius 3 is 2.41 bits per heavy atom. The molecule has 1 atom stereocenters. The highest BCUT2D eigenvalue weighted by Crippen LogP contribution is 2.38. The molecule has 1 heterocycles. The van der Waals surface area contributed by atoms with E-state index >= 15 is 0 Å². The fourth-order valence-corrected chi connectivity index (χ4v) is 3.19. The van der Waals surface area contributed by atoms with Gasteiger partial charge in [-0.1, -0.05) is 30.3 Å². The molecule has 0 radical (unpaired) electrons. The fourth-order valence-electron chi connectivity index (χ4n) is 3.19. The molecule has 2 N–H and O–H groups in total. The molecule has 3 amide bonds. The van der Waals surface area contributed by atoms with E-state index in [1.54, 1.807) is 36.4 Å². The van der Waals surface area contributed by atoms with Crippen LogP contribution in [0.25, 0.3) is 0 Å². The van der Waals surface area contributed by atoms with E-state index in [4.69, 9.17) is 4.74 Å². The van der Waals surface area contributed by atoms with Crippen LogP contribution < -0.4 is 10.6 Å². The number of nitrogens with one attached hydrogen (secondary N) is 2. The lowest BCUT2D eigenvalue weighted by molar-refractivity contribution is -0.129. The monoisotopic (exact) mass is 369 g/mol. The quantitative estimate of drug-likeness (QED) is 0.793. The second-order valence-corrected chi connectivity index (χ2v) is 6.65. The van der Waals surface area contributed by atoms with Gasteiger partial charge in [0.15, 0.2) is 0 Å². The Kier molecular flexibility index (Phi) is 5.30. The van der Waals surface area contributed by atoms with Crippen molar-refractivity contribution in [3.8, 4) is 0 Å². The predicted octanol–water partition coefficient (Wildman–Crippen LogP) is 2.79. The summed E-state index contributed by atoms with van der Waals surface area (Å²) in [4.78, 5) is 36.8. The van der Waals surface area contributed by atoms with Crippen LogP contribution in [0.4, 0.5) is 4.79 Å². The van der Waals surface area contributed by atoms with Crippen LogP contribution in [0.1, 0.15) is 52.3 Å². The largest absolute Gasteiger partial charge is 0.444 e. The highest BCUT2D eigenvalue weighted by Gasteiger charge is 2.31. The normalized spacial score (nSPS) is 14.3. The topological polar surface area (TPSA) is 89.4 Å². The first-order valence-corrected chi connectivity index (χ1v) is 8.89. The number of imide groups is 1. The van der Waals surface area contributed by atoms with Crippen LogP contribution in [0.3, 0.4) is 0 Å². The van der Waals surface area contributed by atoms with E-state index in [-0.39, 0.29) is 0 Å². The Bertz CT molecular complexity index is 869. The molecule has 2 aromatic rings. The zero-order valence-corrected chi connectivity index (χ0v) is 15.6. The van der Waals surface area contributed by atoms with Crippen molar-refractivity contribution in [3.05, 3.63) is 58.9 Å². The number of rotatable bonds is 5. The number of carbonyl (C=O) groups excluding carboxylic acids is 3. The Balaban J connectivity index is 1.85. The third kappa shape index (κ3) is 4.02. The molecule has 142 valence electrons. The van der Waals surface area contributed by atoms with Crippen molar-refractivity contribution in [3.63, 3.8) is 0 Å². The predicted molar refractivity (Wildman–Crippen MR) is 99.4 cm³/mol. The van der Waals surface area contributed by atoms with Crippen molar-refractivity contribution < 1.29 is 19.1 Å². The van der Waals surface area contributed by atoms with Gasteiger partial charge in [-0.25, -0.2) is 9.59 Å². The van der Waals surface area contributed by atoms with E-state index in [1.165, 1.54) is 7.05 Å². The van der Waals surface area contributed by atoms with Crippen LogP contribution in [0.15, 0.2) is 36.4 Å². The van der Waals surface area contributed by atoms with E-state index in [0.717, 1.165) is 24.2 Å². The lowest BCUT2D eigenvalue weighted by Crippen LogP contribution is -2.41. The summed E-state index contributed by atoms with van der Waals surface area (Å²) in [5.74, 6) is -1.29. The van der Waals surface area contributed by atoms with E-state index in [0.29, 0.717) is 17.2 Å². The second kappa shape index (κ2) is 7.65. The molecule has 7 heteroatoms. The molecule has 0 bridgehead atoms. The van der Waals surface area contributed by atoms with Gasteiger partial charge in [0.25, 0.3) is 5.91 Å². The van der Waals surface area contributed by atoms with Crippen LogP contribution in [-0.2, 0) is 9.53 Å². The van der Waals surface area contributed by atoms with Gasteiger partial charge in [-0.2, -0.15) is 0 Å². The molecule has 0 unspecified atom stereocenters. The smallest absolute Gasteiger partial charge is 0.341 e. The Morgan fingerprint density at radius 2 is 1.81 bits per heavy atom. The summed E-state index contributed by atoms with van der Waals surface area (Å²) in [6.07, 6.45) is 0.984. The molecule has 1 aliphatic carbocycles. The van der Waals surface area contributed by atoms with Gasteiger partial charge >= 0.3 is 12.0 Å². The molecule has 3 rings (SSSR count). The average Bonchev–Trinajstić information content (AvgIpc) is 3.44. The number of aromatic nitrogens is 1. The number of ether oxygens (including phenoxy) is 1. The molecule has 1 saturated carbocycles. The molecule has 0 aliphatic heterocycles. The summed E-state index contributed by atoms with van der Waals surface area (Å²) in [6, 6.07) is 10.2. The molecule has 0 saturated heterocycles. The Morgan fingerprint density at radius 1 is 1.15 bits per heavy atom. The summed E-state index contributed by atoms with van der Waals surface area (Å²) in [5, 5.41) is 4.48. The van der Waals surface area contributed by atoms with Gasteiger partial charge in [-0.15, -0.1) is 0 Å². The van der Waals surface area contributed by atoms with Gasteiger partial charge in [0.05, 0.1) is 5.56 Å². The van der Waals surface area contributed by atoms with E-state index in [2.05, 4.69) is 15.2 Å². The summed E-state index contributed by atoms with van der Waals surface area (Å²) >= 11 is 0. The molecule has 1 aromatic heterocycles. The van der Waals surface area contributed by atoms with E-state index < -0.39 is 24.0 Å². The van der Waals surface area contributed by atoms with Gasteiger partial charge in [-0.3, -0.25) is 10.1 Å². The average molecular weight is 369 g/mol. The summed E-state index contributed by atoms with van der Waals surface area (Å²) < 4.78 is 7.67. The zero-order valence-electron chi connectivity index (χ0n) is 15.6. The lowest BCUT2D eigenvalue weighted by Gasteiger charge is -2.17. The van der Waals surface area contributed by atoms with Crippen LogP contribution in [0.5, 0.6) is 0 Å². The Labute approximate surface area is 157 Å². The second-order valence-electron chi connectivity index (χ2n) is 6.65. The standard InChI is InChI=1S/C20H23N3O4/c1-12-11-16(13(2)23(12)15-9-10-15)19(25)27-17(14-7-5-4-6-8-14)18(24)22-20(26)21-3/h4-8,11,15,17H,9-10H2,1-3H3,(H2,21,22,24,26)/t17-/m1/s1. The molecule has 1 aromatic carbocycles. The molecule has 0 spiro atoms. The minimum Gasteiger partial charge on any atom is -0.444 e. The van der Waals surface area contributed by atoms with Crippen molar-refractivity contribution in [1.29, 1.82) is 0 Å². The number of urea groups is 1. The highest BCUT2D eigenvalue weighted by atomic mass is 16.5. The third-order valence-electron chi connectivity index (χ3n) is 4.65. The summed E-state index contributed by atoms with van der Waals surface area (Å²) in [5.41, 5.74) is 2.75. The van der Waals surface area contributed by atoms with E-state index in [9.17, 15) is 14.4 Å². The number of hydrogen-bond acceptors (Lipinski definition) is 4. The fraction of sp³-hybridized carbons (Fsp3) is 0.350. The maximum Gasteiger partial charge on any atom is 0.341 e. The van der Waals surface area contributed by atoms with E-state index in [1.807, 2.05) is 13.8 Å². The molecule has 7 nitrogen and oxygen atoms in total. The van der Waals surface area contributed by atoms with Gasteiger partial charge < -0.3 is 14.6 Å². The van der Waals surface area contributed by atoms with Crippen molar-refractivity contribution in [2.45, 2.75) is 38.8 Å². The molecular weight excluding hydrogens is 346 g/mol. The van der Waals surface area contributed by atoms with Crippen molar-refractivity contribution in [2.75, 3.05) is 7.05 Å². The maximum atomic E-state index is 12.8. The first kappa shape index (κ1) is 18.7. The van der Waals surface area contributed by atoms with Crippen LogP contribution >= 0.6 is 0 Å². The number of hydrogen-bond donors (Lipinski definition) is 2. The number of esters is 1. The summed E-state index contributed by atoms with van der Waals surface area (Å²) in [6.45, 7) is 3.83. The van der Waals surface area contributed by atoms with Gasteiger partial charge in [0.1, 0.15) is 0 Å². The minimum atomic E-state index is -1.22.